The van der Waals surface area contributed by atoms with Crippen LogP contribution in [0.1, 0.15) is 115 Å². The van der Waals surface area contributed by atoms with Gasteiger partial charge in [-0.05, 0) is 108 Å². The Bertz CT molecular complexity index is 434. The molecule has 0 atom stereocenters. The molecule has 2 aliphatic rings. The summed E-state index contributed by atoms with van der Waals surface area (Å²) in [5.41, 5.74) is 1.24. The van der Waals surface area contributed by atoms with E-state index in [4.69, 9.17) is 0 Å². The van der Waals surface area contributed by atoms with Crippen LogP contribution in [0.15, 0.2) is 0 Å². The van der Waals surface area contributed by atoms with Crippen LogP contribution >= 0.6 is 0 Å². The van der Waals surface area contributed by atoms with Crippen molar-refractivity contribution in [1.82, 2.24) is 9.80 Å². The molecule has 0 aliphatic carbocycles. The largest absolute Gasteiger partial charge is 0.306 e. The fraction of sp³-hybridized carbons (Fsp3) is 1.00. The number of nitrogens with zero attached hydrogens (tertiary/aromatic N) is 2. The third kappa shape index (κ3) is 8.12. The van der Waals surface area contributed by atoms with Crippen LogP contribution in [0.5, 0.6) is 0 Å². The van der Waals surface area contributed by atoms with Gasteiger partial charge in [0.2, 0.25) is 0 Å². The maximum Gasteiger partial charge on any atom is 0.0158 e. The van der Waals surface area contributed by atoms with Gasteiger partial charge in [-0.25, -0.2) is 0 Å². The van der Waals surface area contributed by atoms with Crippen LogP contribution in [-0.2, 0) is 0 Å². The average Bonchev–Trinajstić information content (AvgIpc) is 2.70. The molecule has 2 heterocycles. The Morgan fingerprint density at radius 2 is 1.10 bits per heavy atom. The number of rotatable bonds is 6. The number of likely N-dealkylation sites (tertiary alicyclic amines) is 2. The minimum absolute atomic E-state index is 0.319. The summed E-state index contributed by atoms with van der Waals surface area (Å²) >= 11 is 0. The normalized spacial score (nSPS) is 21.0. The zero-order valence-electron chi connectivity index (χ0n) is 23.5. The number of piperidine rings is 2. The highest BCUT2D eigenvalue weighted by Crippen LogP contribution is 2.45. The Balaban J connectivity index is 0.00000198. The molecule has 0 radical (unpaired) electrons. The molecular formula is C28H60N2. The SMILES string of the molecule is CC.CC.CC(C)C(C)(C)C1CCN(C(C)(C)CC(C)(C)C2CCN(C)CC2)CC1. The molecule has 2 nitrogen and oxygen atoms in total. The van der Waals surface area contributed by atoms with Gasteiger partial charge < -0.3 is 4.90 Å². The molecule has 0 amide bonds. The van der Waals surface area contributed by atoms with Crippen molar-refractivity contribution in [3.63, 3.8) is 0 Å². The van der Waals surface area contributed by atoms with Crippen molar-refractivity contribution in [2.45, 2.75) is 121 Å². The zero-order chi connectivity index (χ0) is 23.8. The van der Waals surface area contributed by atoms with E-state index < -0.39 is 0 Å². The zero-order valence-corrected chi connectivity index (χ0v) is 23.5. The molecule has 2 fully saturated rings. The molecule has 0 aromatic carbocycles. The first-order chi connectivity index (χ1) is 13.9. The van der Waals surface area contributed by atoms with Gasteiger partial charge in [0.1, 0.15) is 0 Å². The molecule has 30 heavy (non-hydrogen) atoms. The van der Waals surface area contributed by atoms with E-state index >= 15 is 0 Å². The van der Waals surface area contributed by atoms with Gasteiger partial charge in [-0.15, -0.1) is 0 Å². The van der Waals surface area contributed by atoms with Gasteiger partial charge in [0, 0.05) is 5.54 Å². The highest BCUT2D eigenvalue weighted by molar-refractivity contribution is 4.95. The lowest BCUT2D eigenvalue weighted by Crippen LogP contribution is -2.53. The van der Waals surface area contributed by atoms with Crippen LogP contribution in [0.2, 0.25) is 0 Å². The van der Waals surface area contributed by atoms with Crippen LogP contribution in [0.3, 0.4) is 0 Å². The van der Waals surface area contributed by atoms with E-state index in [0.29, 0.717) is 16.4 Å². The van der Waals surface area contributed by atoms with E-state index in [1.807, 2.05) is 27.7 Å². The van der Waals surface area contributed by atoms with Gasteiger partial charge >= 0.3 is 0 Å². The predicted molar refractivity (Wildman–Crippen MR) is 138 cm³/mol. The number of hydrogen-bond donors (Lipinski definition) is 0. The Kier molecular flexibility index (Phi) is 12.8. The first-order valence-corrected chi connectivity index (χ1v) is 13.3. The molecule has 2 aliphatic heterocycles. The third-order valence-corrected chi connectivity index (χ3v) is 8.60. The fourth-order valence-corrected chi connectivity index (χ4v) is 5.86. The smallest absolute Gasteiger partial charge is 0.0158 e. The summed E-state index contributed by atoms with van der Waals surface area (Å²) in [6, 6.07) is 0. The van der Waals surface area contributed by atoms with Gasteiger partial charge in [0.25, 0.3) is 0 Å². The molecule has 2 saturated heterocycles. The van der Waals surface area contributed by atoms with E-state index in [0.717, 1.165) is 17.8 Å². The summed E-state index contributed by atoms with van der Waals surface area (Å²) in [6.07, 6.45) is 6.84. The Morgan fingerprint density at radius 3 is 1.50 bits per heavy atom. The Labute approximate surface area is 192 Å². The van der Waals surface area contributed by atoms with Gasteiger partial charge in [-0.3, -0.25) is 4.90 Å². The van der Waals surface area contributed by atoms with E-state index in [1.54, 1.807) is 0 Å². The molecule has 0 aromatic heterocycles. The molecule has 2 rings (SSSR count). The van der Waals surface area contributed by atoms with E-state index in [2.05, 4.69) is 72.2 Å². The van der Waals surface area contributed by atoms with E-state index in [9.17, 15) is 0 Å². The van der Waals surface area contributed by atoms with Crippen LogP contribution in [-0.4, -0.2) is 48.6 Å². The van der Waals surface area contributed by atoms with Crippen molar-refractivity contribution >= 4 is 0 Å². The van der Waals surface area contributed by atoms with Crippen molar-refractivity contribution in [1.29, 1.82) is 0 Å². The van der Waals surface area contributed by atoms with Crippen molar-refractivity contribution in [2.24, 2.45) is 28.6 Å². The minimum Gasteiger partial charge on any atom is -0.306 e. The molecule has 0 saturated carbocycles. The lowest BCUT2D eigenvalue weighted by atomic mass is 9.65. The standard InChI is InChI=1S/C24H48N2.2C2H6/c1-19(2)24(7,8)21-12-16-26(17-13-21)23(5,6)18-22(3,4)20-10-14-25(9)15-11-20;2*1-2/h19-21H,10-18H2,1-9H3;2*1-2H3. The predicted octanol–water partition coefficient (Wildman–Crippen LogP) is 7.97. The lowest BCUT2D eigenvalue weighted by Gasteiger charge is -2.51. The van der Waals surface area contributed by atoms with Crippen LogP contribution in [0.4, 0.5) is 0 Å². The first kappa shape index (κ1) is 29.9. The third-order valence-electron chi connectivity index (χ3n) is 8.60. The fourth-order valence-electron chi connectivity index (χ4n) is 5.86. The summed E-state index contributed by atoms with van der Waals surface area (Å²) < 4.78 is 0. The molecular weight excluding hydrogens is 364 g/mol. The molecule has 182 valence electrons. The minimum atomic E-state index is 0.319. The molecule has 0 N–H and O–H groups in total. The Hall–Kier alpha value is -0.0800. The Morgan fingerprint density at radius 1 is 0.700 bits per heavy atom. The van der Waals surface area contributed by atoms with E-state index in [1.165, 1.54) is 58.3 Å². The maximum absolute atomic E-state index is 2.82. The quantitative estimate of drug-likeness (QED) is 0.426. The van der Waals surface area contributed by atoms with Crippen molar-refractivity contribution in [2.75, 3.05) is 33.2 Å². The monoisotopic (exact) mass is 424 g/mol. The highest BCUT2D eigenvalue weighted by atomic mass is 15.2. The second-order valence-corrected chi connectivity index (χ2v) is 11.8. The molecule has 0 bridgehead atoms. The van der Waals surface area contributed by atoms with Gasteiger partial charge in [0.15, 0.2) is 0 Å². The van der Waals surface area contributed by atoms with Crippen molar-refractivity contribution in [3.05, 3.63) is 0 Å². The summed E-state index contributed by atoms with van der Waals surface area (Å²) in [4.78, 5) is 5.32. The van der Waals surface area contributed by atoms with Gasteiger partial charge in [-0.1, -0.05) is 69.2 Å². The summed E-state index contributed by atoms with van der Waals surface area (Å²) in [6.45, 7) is 33.0. The van der Waals surface area contributed by atoms with Gasteiger partial charge in [-0.2, -0.15) is 0 Å². The molecule has 0 spiro atoms. The summed E-state index contributed by atoms with van der Waals surface area (Å²) in [7, 11) is 2.27. The first-order valence-electron chi connectivity index (χ1n) is 13.3. The second-order valence-electron chi connectivity index (χ2n) is 11.8. The van der Waals surface area contributed by atoms with Crippen molar-refractivity contribution < 1.29 is 0 Å². The summed E-state index contributed by atoms with van der Waals surface area (Å²) in [5.74, 6) is 2.54. The maximum atomic E-state index is 2.82. The summed E-state index contributed by atoms with van der Waals surface area (Å²) in [5, 5.41) is 0. The van der Waals surface area contributed by atoms with Crippen molar-refractivity contribution in [3.8, 4) is 0 Å². The second kappa shape index (κ2) is 12.8. The van der Waals surface area contributed by atoms with Crippen LogP contribution in [0, 0.1) is 28.6 Å². The number of hydrogen-bond acceptors (Lipinski definition) is 2. The molecule has 0 unspecified atom stereocenters. The average molecular weight is 425 g/mol. The van der Waals surface area contributed by atoms with Gasteiger partial charge in [0.05, 0.1) is 0 Å². The molecule has 2 heteroatoms. The lowest BCUT2D eigenvalue weighted by molar-refractivity contribution is -0.0112. The van der Waals surface area contributed by atoms with Crippen LogP contribution in [0.25, 0.3) is 0 Å². The molecule has 0 aromatic rings. The highest BCUT2D eigenvalue weighted by Gasteiger charge is 2.42. The van der Waals surface area contributed by atoms with Crippen LogP contribution < -0.4 is 0 Å². The van der Waals surface area contributed by atoms with E-state index in [-0.39, 0.29) is 0 Å². The topological polar surface area (TPSA) is 6.48 Å².